The van der Waals surface area contributed by atoms with Crippen LogP contribution in [0.5, 0.6) is 23.0 Å². The van der Waals surface area contributed by atoms with E-state index in [1.165, 1.54) is 0 Å². The maximum absolute atomic E-state index is 12.7. The first-order chi connectivity index (χ1) is 15.0. The number of carbonyl (C=O) groups is 1. The maximum atomic E-state index is 12.7. The Labute approximate surface area is 189 Å². The number of methoxy groups -OCH3 is 2. The number of carbonyl (C=O) groups excluding carboxylic acids is 1. The summed E-state index contributed by atoms with van der Waals surface area (Å²) >= 11 is 12.1. The van der Waals surface area contributed by atoms with E-state index in [2.05, 4.69) is 0 Å². The van der Waals surface area contributed by atoms with Crippen molar-refractivity contribution in [2.24, 2.45) is 0 Å². The van der Waals surface area contributed by atoms with E-state index in [-0.39, 0.29) is 18.1 Å². The molecule has 1 aliphatic heterocycles. The van der Waals surface area contributed by atoms with E-state index < -0.39 is 0 Å². The Kier molecular flexibility index (Phi) is 6.07. The molecule has 7 heteroatoms. The number of ether oxygens (including phenoxy) is 4. The second-order valence-corrected chi connectivity index (χ2v) is 7.58. The molecule has 0 radical (unpaired) electrons. The van der Waals surface area contributed by atoms with Gasteiger partial charge in [-0.3, -0.25) is 4.79 Å². The molecule has 0 amide bonds. The van der Waals surface area contributed by atoms with Crippen molar-refractivity contribution in [3.05, 3.63) is 87.1 Å². The summed E-state index contributed by atoms with van der Waals surface area (Å²) in [7, 11) is 3.12. The predicted octanol–water partition coefficient (Wildman–Crippen LogP) is 6.21. The number of rotatable bonds is 6. The van der Waals surface area contributed by atoms with E-state index in [1.807, 2.05) is 12.1 Å². The Morgan fingerprint density at radius 2 is 1.74 bits per heavy atom. The summed E-state index contributed by atoms with van der Waals surface area (Å²) in [4.78, 5) is 12.7. The Balaban J connectivity index is 1.52. The fraction of sp³-hybridized carbons (Fsp3) is 0.125. The van der Waals surface area contributed by atoms with Crippen LogP contribution in [0.25, 0.3) is 6.08 Å². The molecule has 0 fully saturated rings. The van der Waals surface area contributed by atoms with Crippen molar-refractivity contribution in [2.45, 2.75) is 6.61 Å². The average Bonchev–Trinajstić information content (AvgIpc) is 3.07. The van der Waals surface area contributed by atoms with Crippen molar-refractivity contribution in [1.29, 1.82) is 0 Å². The van der Waals surface area contributed by atoms with Gasteiger partial charge in [0.1, 0.15) is 18.1 Å². The van der Waals surface area contributed by atoms with Crippen molar-refractivity contribution in [2.75, 3.05) is 14.2 Å². The van der Waals surface area contributed by atoms with Crippen LogP contribution in [-0.4, -0.2) is 20.0 Å². The van der Waals surface area contributed by atoms with Gasteiger partial charge in [-0.05, 0) is 48.0 Å². The molecule has 5 nitrogen and oxygen atoms in total. The Hall–Kier alpha value is -3.15. The molecule has 0 atom stereocenters. The molecule has 4 rings (SSSR count). The van der Waals surface area contributed by atoms with Crippen molar-refractivity contribution < 1.29 is 23.7 Å². The third kappa shape index (κ3) is 4.48. The first kappa shape index (κ1) is 21.1. The number of allylic oxidation sites excluding steroid dienone is 1. The van der Waals surface area contributed by atoms with Gasteiger partial charge in [0.2, 0.25) is 5.78 Å². The van der Waals surface area contributed by atoms with Gasteiger partial charge in [0.05, 0.1) is 19.8 Å². The Bertz CT molecular complexity index is 1190. The number of hydrogen-bond donors (Lipinski definition) is 0. The third-order valence-corrected chi connectivity index (χ3v) is 5.34. The lowest BCUT2D eigenvalue weighted by Crippen LogP contribution is -1.98. The van der Waals surface area contributed by atoms with Crippen LogP contribution in [-0.2, 0) is 6.61 Å². The molecule has 0 unspecified atom stereocenters. The number of benzene rings is 3. The van der Waals surface area contributed by atoms with Gasteiger partial charge in [-0.25, -0.2) is 0 Å². The monoisotopic (exact) mass is 456 g/mol. The average molecular weight is 457 g/mol. The van der Waals surface area contributed by atoms with Crippen LogP contribution < -0.4 is 18.9 Å². The largest absolute Gasteiger partial charge is 0.493 e. The molecule has 3 aromatic carbocycles. The lowest BCUT2D eigenvalue weighted by atomic mass is 10.1. The fourth-order valence-electron chi connectivity index (χ4n) is 3.15. The maximum Gasteiger partial charge on any atom is 0.231 e. The smallest absolute Gasteiger partial charge is 0.231 e. The summed E-state index contributed by atoms with van der Waals surface area (Å²) in [5.74, 6) is 2.20. The SMILES string of the molecule is COc1ccc(C=C2Oc3cc(OCc4ccc(Cl)cc4Cl)ccc3C2=O)cc1OC. The fourth-order valence-corrected chi connectivity index (χ4v) is 3.61. The van der Waals surface area contributed by atoms with Crippen molar-refractivity contribution in [3.63, 3.8) is 0 Å². The highest BCUT2D eigenvalue weighted by Crippen LogP contribution is 2.36. The van der Waals surface area contributed by atoms with Crippen LogP contribution in [0.2, 0.25) is 10.0 Å². The van der Waals surface area contributed by atoms with Crippen LogP contribution in [0.4, 0.5) is 0 Å². The third-order valence-electron chi connectivity index (χ3n) is 4.76. The van der Waals surface area contributed by atoms with Gasteiger partial charge in [0.25, 0.3) is 0 Å². The molecule has 0 spiro atoms. The predicted molar refractivity (Wildman–Crippen MR) is 120 cm³/mol. The van der Waals surface area contributed by atoms with Crippen LogP contribution in [0.15, 0.2) is 60.4 Å². The number of Topliss-reactive ketones (excluding diaryl/α,β-unsaturated/α-hetero) is 1. The lowest BCUT2D eigenvalue weighted by molar-refractivity contribution is 0.101. The van der Waals surface area contributed by atoms with Crippen molar-refractivity contribution in [3.8, 4) is 23.0 Å². The first-order valence-corrected chi connectivity index (χ1v) is 10.1. The van der Waals surface area contributed by atoms with Crippen molar-refractivity contribution in [1.82, 2.24) is 0 Å². The molecular formula is C24H18Cl2O5. The van der Waals surface area contributed by atoms with E-state index in [4.69, 9.17) is 42.1 Å². The zero-order valence-corrected chi connectivity index (χ0v) is 18.3. The Morgan fingerprint density at radius 1 is 0.935 bits per heavy atom. The van der Waals surface area contributed by atoms with E-state index >= 15 is 0 Å². The second kappa shape index (κ2) is 8.92. The molecule has 1 heterocycles. The zero-order valence-electron chi connectivity index (χ0n) is 16.8. The highest BCUT2D eigenvalue weighted by Gasteiger charge is 2.28. The zero-order chi connectivity index (χ0) is 22.0. The molecule has 31 heavy (non-hydrogen) atoms. The minimum Gasteiger partial charge on any atom is -0.493 e. The molecular weight excluding hydrogens is 439 g/mol. The minimum absolute atomic E-state index is 0.197. The van der Waals surface area contributed by atoms with Gasteiger partial charge >= 0.3 is 0 Å². The van der Waals surface area contributed by atoms with Crippen LogP contribution >= 0.6 is 23.2 Å². The highest BCUT2D eigenvalue weighted by molar-refractivity contribution is 6.35. The molecule has 3 aromatic rings. The molecule has 0 bridgehead atoms. The molecule has 0 aromatic heterocycles. The number of halogens is 2. The first-order valence-electron chi connectivity index (χ1n) is 9.35. The summed E-state index contributed by atoms with van der Waals surface area (Å²) in [5, 5.41) is 1.09. The van der Waals surface area contributed by atoms with Gasteiger partial charge in [-0.15, -0.1) is 0 Å². The Morgan fingerprint density at radius 3 is 2.48 bits per heavy atom. The lowest BCUT2D eigenvalue weighted by Gasteiger charge is -2.09. The van der Waals surface area contributed by atoms with Crippen molar-refractivity contribution >= 4 is 35.1 Å². The number of hydrogen-bond acceptors (Lipinski definition) is 5. The number of fused-ring (bicyclic) bond motifs is 1. The van der Waals surface area contributed by atoms with Crippen LogP contribution in [0.1, 0.15) is 21.5 Å². The minimum atomic E-state index is -0.197. The van der Waals surface area contributed by atoms with Crippen LogP contribution in [0.3, 0.4) is 0 Å². The molecule has 0 saturated carbocycles. The van der Waals surface area contributed by atoms with E-state index in [9.17, 15) is 4.79 Å². The van der Waals surface area contributed by atoms with Gasteiger partial charge in [0.15, 0.2) is 17.3 Å². The topological polar surface area (TPSA) is 54.0 Å². The molecule has 0 aliphatic carbocycles. The van der Waals surface area contributed by atoms with E-state index in [0.717, 1.165) is 11.1 Å². The van der Waals surface area contributed by atoms with Crippen LogP contribution in [0, 0.1) is 0 Å². The standard InChI is InChI=1S/C24H18Cl2O5/c1-28-20-8-3-14(9-22(20)29-2)10-23-24(27)18-7-6-17(12-21(18)31-23)30-13-15-4-5-16(25)11-19(15)26/h3-12H,13H2,1-2H3. The van der Waals surface area contributed by atoms with E-state index in [1.54, 1.807) is 62.8 Å². The normalized spacial score (nSPS) is 13.7. The molecule has 1 aliphatic rings. The summed E-state index contributed by atoms with van der Waals surface area (Å²) in [6.45, 7) is 0.261. The van der Waals surface area contributed by atoms with Gasteiger partial charge in [0, 0.05) is 21.7 Å². The highest BCUT2D eigenvalue weighted by atomic mass is 35.5. The van der Waals surface area contributed by atoms with Gasteiger partial charge in [-0.1, -0.05) is 35.3 Å². The molecule has 0 N–H and O–H groups in total. The summed E-state index contributed by atoms with van der Waals surface area (Å²) in [5.41, 5.74) is 2.03. The summed E-state index contributed by atoms with van der Waals surface area (Å²) in [6, 6.07) is 15.7. The van der Waals surface area contributed by atoms with Gasteiger partial charge in [-0.2, -0.15) is 0 Å². The van der Waals surface area contributed by atoms with E-state index in [0.29, 0.717) is 38.6 Å². The van der Waals surface area contributed by atoms with Gasteiger partial charge < -0.3 is 18.9 Å². The molecule has 0 saturated heterocycles. The molecule has 158 valence electrons. The quantitative estimate of drug-likeness (QED) is 0.412. The summed E-state index contributed by atoms with van der Waals surface area (Å²) in [6.07, 6.45) is 1.66. The second-order valence-electron chi connectivity index (χ2n) is 6.74. The number of ketones is 1. The summed E-state index contributed by atoms with van der Waals surface area (Å²) < 4.78 is 22.2.